The number of hydrogen-bond acceptors (Lipinski definition) is 4. The molecule has 0 amide bonds. The Balaban J connectivity index is 1.79. The number of rotatable bonds is 3. The van der Waals surface area contributed by atoms with Crippen LogP contribution < -0.4 is 0 Å². The molecular formula is C13H17NO3S. The molecule has 98 valence electrons. The van der Waals surface area contributed by atoms with Gasteiger partial charge in [-0.05, 0) is 35.8 Å². The predicted molar refractivity (Wildman–Crippen MR) is 68.9 cm³/mol. The number of hydrogen-bond donors (Lipinski definition) is 1. The molecule has 4 nitrogen and oxygen atoms in total. The lowest BCUT2D eigenvalue weighted by molar-refractivity contribution is -0.144. The van der Waals surface area contributed by atoms with Gasteiger partial charge in [0.15, 0.2) is 0 Å². The molecule has 0 radical (unpaired) electrons. The molecule has 0 spiro atoms. The van der Waals surface area contributed by atoms with Gasteiger partial charge >= 0.3 is 5.97 Å². The Kier molecular flexibility index (Phi) is 3.37. The van der Waals surface area contributed by atoms with Gasteiger partial charge in [0, 0.05) is 24.6 Å². The van der Waals surface area contributed by atoms with E-state index in [-0.39, 0.29) is 0 Å². The normalized spacial score (nSPS) is 28.2. The van der Waals surface area contributed by atoms with E-state index in [4.69, 9.17) is 4.74 Å². The van der Waals surface area contributed by atoms with E-state index in [1.165, 1.54) is 4.88 Å². The van der Waals surface area contributed by atoms with Gasteiger partial charge in [-0.15, -0.1) is 11.3 Å². The Labute approximate surface area is 110 Å². The molecule has 1 N–H and O–H groups in total. The van der Waals surface area contributed by atoms with Crippen LogP contribution in [0, 0.1) is 5.92 Å². The Morgan fingerprint density at radius 3 is 3.22 bits per heavy atom. The molecule has 1 aromatic heterocycles. The predicted octanol–water partition coefficient (Wildman–Crippen LogP) is 1.77. The van der Waals surface area contributed by atoms with Gasteiger partial charge < -0.3 is 9.84 Å². The van der Waals surface area contributed by atoms with Gasteiger partial charge in [0.2, 0.25) is 0 Å². The third-order valence-corrected chi connectivity index (χ3v) is 4.81. The van der Waals surface area contributed by atoms with Crippen LogP contribution in [-0.2, 0) is 16.0 Å². The number of carboxylic acid groups (broad SMARTS) is 1. The van der Waals surface area contributed by atoms with Crippen molar-refractivity contribution >= 4 is 17.3 Å². The van der Waals surface area contributed by atoms with Gasteiger partial charge in [0.05, 0.1) is 6.61 Å². The number of fused-ring (bicyclic) bond motifs is 1. The minimum atomic E-state index is -0.728. The first-order valence-electron chi connectivity index (χ1n) is 6.36. The molecule has 1 saturated heterocycles. The molecule has 0 aromatic carbocycles. The van der Waals surface area contributed by atoms with Crippen LogP contribution in [0.25, 0.3) is 0 Å². The lowest BCUT2D eigenvalue weighted by atomic mass is 9.98. The van der Waals surface area contributed by atoms with Crippen molar-refractivity contribution in [2.24, 2.45) is 5.92 Å². The molecule has 0 bridgehead atoms. The second-order valence-electron chi connectivity index (χ2n) is 5.01. The molecule has 3 rings (SSSR count). The smallest absolute Gasteiger partial charge is 0.325 e. The van der Waals surface area contributed by atoms with Crippen molar-refractivity contribution in [2.45, 2.75) is 18.9 Å². The average molecular weight is 267 g/mol. The van der Waals surface area contributed by atoms with Gasteiger partial charge in [-0.3, -0.25) is 9.69 Å². The molecule has 2 unspecified atom stereocenters. The zero-order chi connectivity index (χ0) is 12.5. The van der Waals surface area contributed by atoms with Crippen molar-refractivity contribution in [3.63, 3.8) is 0 Å². The van der Waals surface area contributed by atoms with E-state index >= 15 is 0 Å². The van der Waals surface area contributed by atoms with Gasteiger partial charge in [0.1, 0.15) is 6.04 Å². The van der Waals surface area contributed by atoms with Crippen LogP contribution in [0.2, 0.25) is 0 Å². The van der Waals surface area contributed by atoms with E-state index < -0.39 is 12.0 Å². The van der Waals surface area contributed by atoms with Crippen LogP contribution in [-0.4, -0.2) is 42.3 Å². The minimum absolute atomic E-state index is 0.458. The molecule has 2 aliphatic heterocycles. The molecule has 3 heterocycles. The highest BCUT2D eigenvalue weighted by molar-refractivity contribution is 7.10. The zero-order valence-corrected chi connectivity index (χ0v) is 11.0. The number of aliphatic carboxylic acids is 1. The van der Waals surface area contributed by atoms with Crippen LogP contribution in [0.3, 0.4) is 0 Å². The highest BCUT2D eigenvalue weighted by atomic mass is 32.1. The minimum Gasteiger partial charge on any atom is -0.480 e. The summed E-state index contributed by atoms with van der Waals surface area (Å²) >= 11 is 1.68. The van der Waals surface area contributed by atoms with Crippen molar-refractivity contribution in [1.29, 1.82) is 0 Å². The maximum atomic E-state index is 11.5. The highest BCUT2D eigenvalue weighted by Gasteiger charge is 2.35. The fourth-order valence-electron chi connectivity index (χ4n) is 2.91. The summed E-state index contributed by atoms with van der Waals surface area (Å²) in [5.41, 5.74) is 0.998. The fraction of sp³-hybridized carbons (Fsp3) is 0.615. The van der Waals surface area contributed by atoms with E-state index in [0.717, 1.165) is 44.7 Å². The number of nitrogens with zero attached hydrogens (tertiary/aromatic N) is 1. The topological polar surface area (TPSA) is 49.8 Å². The lowest BCUT2D eigenvalue weighted by Gasteiger charge is -2.34. The summed E-state index contributed by atoms with van der Waals surface area (Å²) in [6, 6.07) is 1.51. The third kappa shape index (κ3) is 2.18. The Bertz CT molecular complexity index is 439. The molecule has 5 heteroatoms. The zero-order valence-electron chi connectivity index (χ0n) is 10.2. The summed E-state index contributed by atoms with van der Waals surface area (Å²) in [6.07, 6.45) is 2.03. The lowest BCUT2D eigenvalue weighted by Crippen LogP contribution is -2.41. The van der Waals surface area contributed by atoms with Crippen molar-refractivity contribution in [3.8, 4) is 0 Å². The molecule has 18 heavy (non-hydrogen) atoms. The summed E-state index contributed by atoms with van der Waals surface area (Å²) in [6.45, 7) is 3.28. The largest absolute Gasteiger partial charge is 0.480 e. The number of carbonyl (C=O) groups is 1. The SMILES string of the molecule is O=C(O)C1c2ccsc2CCN1CC1CCOC1. The molecule has 1 fully saturated rings. The van der Waals surface area contributed by atoms with Gasteiger partial charge in [0.25, 0.3) is 0 Å². The van der Waals surface area contributed by atoms with Gasteiger partial charge in [-0.1, -0.05) is 0 Å². The molecule has 2 atom stereocenters. The first-order chi connectivity index (χ1) is 8.75. The average Bonchev–Trinajstić information content (AvgIpc) is 2.98. The highest BCUT2D eigenvalue weighted by Crippen LogP contribution is 2.34. The monoisotopic (exact) mass is 267 g/mol. The van der Waals surface area contributed by atoms with Gasteiger partial charge in [-0.25, -0.2) is 0 Å². The molecule has 1 aromatic rings. The Hall–Kier alpha value is -0.910. The first kappa shape index (κ1) is 12.1. The second kappa shape index (κ2) is 4.99. The second-order valence-corrected chi connectivity index (χ2v) is 6.02. The van der Waals surface area contributed by atoms with E-state index in [2.05, 4.69) is 4.90 Å². The first-order valence-corrected chi connectivity index (χ1v) is 7.24. The maximum Gasteiger partial charge on any atom is 0.325 e. The molecule has 0 aliphatic carbocycles. The van der Waals surface area contributed by atoms with Crippen LogP contribution in [0.15, 0.2) is 11.4 Å². The summed E-state index contributed by atoms with van der Waals surface area (Å²) in [5, 5.41) is 11.5. The third-order valence-electron chi connectivity index (χ3n) is 3.82. The van der Waals surface area contributed by atoms with Crippen LogP contribution in [0.5, 0.6) is 0 Å². The van der Waals surface area contributed by atoms with Crippen LogP contribution >= 0.6 is 11.3 Å². The molecule has 0 saturated carbocycles. The Morgan fingerprint density at radius 1 is 1.61 bits per heavy atom. The fourth-order valence-corrected chi connectivity index (χ4v) is 3.82. The van der Waals surface area contributed by atoms with E-state index in [9.17, 15) is 9.90 Å². The summed E-state index contributed by atoms with van der Waals surface area (Å²) in [5.74, 6) is -0.236. The molecule has 2 aliphatic rings. The van der Waals surface area contributed by atoms with Crippen molar-refractivity contribution in [1.82, 2.24) is 4.90 Å². The van der Waals surface area contributed by atoms with Crippen LogP contribution in [0.1, 0.15) is 22.9 Å². The molecular weight excluding hydrogens is 250 g/mol. The number of thiophene rings is 1. The van der Waals surface area contributed by atoms with E-state index in [0.29, 0.717) is 5.92 Å². The summed E-state index contributed by atoms with van der Waals surface area (Å²) in [4.78, 5) is 14.9. The van der Waals surface area contributed by atoms with Crippen LogP contribution in [0.4, 0.5) is 0 Å². The van der Waals surface area contributed by atoms with Crippen molar-refractivity contribution in [2.75, 3.05) is 26.3 Å². The van der Waals surface area contributed by atoms with Crippen molar-refractivity contribution < 1.29 is 14.6 Å². The summed E-state index contributed by atoms with van der Waals surface area (Å²) in [7, 11) is 0. The number of ether oxygens (including phenoxy) is 1. The standard InChI is InChI=1S/C13H17NO3S/c15-13(16)12-10-3-6-18-11(10)1-4-14(12)7-9-2-5-17-8-9/h3,6,9,12H,1-2,4-5,7-8H2,(H,15,16). The van der Waals surface area contributed by atoms with E-state index in [1.54, 1.807) is 11.3 Å². The Morgan fingerprint density at radius 2 is 2.50 bits per heavy atom. The summed E-state index contributed by atoms with van der Waals surface area (Å²) < 4.78 is 5.38. The van der Waals surface area contributed by atoms with E-state index in [1.807, 2.05) is 11.4 Å². The van der Waals surface area contributed by atoms with Gasteiger partial charge in [-0.2, -0.15) is 0 Å². The quantitative estimate of drug-likeness (QED) is 0.906. The maximum absolute atomic E-state index is 11.5. The number of carboxylic acids is 1. The van der Waals surface area contributed by atoms with Crippen molar-refractivity contribution in [3.05, 3.63) is 21.9 Å².